The number of hydrogen-bond donors (Lipinski definition) is 1. The smallest absolute Gasteiger partial charge is 0.228 e. The molecule has 2 aromatic carbocycles. The number of amides is 1. The molecule has 2 aromatic rings. The van der Waals surface area contributed by atoms with E-state index in [0.29, 0.717) is 50.4 Å². The molecule has 5 rings (SSSR count). The topological polar surface area (TPSA) is 104 Å². The summed E-state index contributed by atoms with van der Waals surface area (Å²) in [6, 6.07) is 10.7. The van der Waals surface area contributed by atoms with Gasteiger partial charge in [-0.05, 0) is 18.2 Å². The normalized spacial score (nSPS) is 19.3. The molecule has 0 saturated carbocycles. The molecule has 0 spiro atoms. The lowest BCUT2D eigenvalue weighted by Crippen LogP contribution is -2.56. The van der Waals surface area contributed by atoms with Crippen molar-refractivity contribution in [2.45, 2.75) is 4.90 Å². The van der Waals surface area contributed by atoms with Gasteiger partial charge in [0, 0.05) is 61.5 Å². The van der Waals surface area contributed by atoms with Crippen LogP contribution in [0.2, 0.25) is 0 Å². The van der Waals surface area contributed by atoms with E-state index in [1.165, 1.54) is 18.2 Å². The van der Waals surface area contributed by atoms with Crippen LogP contribution >= 0.6 is 0 Å². The predicted molar refractivity (Wildman–Crippen MR) is 116 cm³/mol. The quantitative estimate of drug-likeness (QED) is 0.616. The number of piperazine rings is 1. The van der Waals surface area contributed by atoms with Crippen LogP contribution in [-0.4, -0.2) is 80.8 Å². The van der Waals surface area contributed by atoms with Crippen LogP contribution in [0.5, 0.6) is 0 Å². The van der Waals surface area contributed by atoms with Crippen LogP contribution in [0.15, 0.2) is 47.4 Å². The molecule has 0 atom stereocenters. The van der Waals surface area contributed by atoms with Crippen molar-refractivity contribution in [3.63, 3.8) is 0 Å². The van der Waals surface area contributed by atoms with Gasteiger partial charge in [-0.25, -0.2) is 8.42 Å². The van der Waals surface area contributed by atoms with Gasteiger partial charge in [0.05, 0.1) is 10.8 Å². The van der Waals surface area contributed by atoms with E-state index in [1.54, 1.807) is 34.1 Å². The Morgan fingerprint density at radius 1 is 0.875 bits per heavy atom. The van der Waals surface area contributed by atoms with Gasteiger partial charge in [0.15, 0.2) is 21.4 Å². The van der Waals surface area contributed by atoms with Gasteiger partial charge < -0.3 is 10.2 Å². The summed E-state index contributed by atoms with van der Waals surface area (Å²) in [7, 11) is -3.71. The average molecular weight is 454 g/mol. The first kappa shape index (κ1) is 21.0. The minimum Gasteiger partial charge on any atom is -0.340 e. The third kappa shape index (κ3) is 3.56. The maximum atomic E-state index is 13.1. The van der Waals surface area contributed by atoms with E-state index >= 15 is 0 Å². The molecule has 2 fully saturated rings. The van der Waals surface area contributed by atoms with Crippen molar-refractivity contribution in [2.24, 2.45) is 5.92 Å². The van der Waals surface area contributed by atoms with Crippen LogP contribution < -0.4 is 5.32 Å². The Morgan fingerprint density at radius 3 is 2.06 bits per heavy atom. The third-order valence-electron chi connectivity index (χ3n) is 6.42. The molecule has 8 nitrogen and oxygen atoms in total. The van der Waals surface area contributed by atoms with E-state index < -0.39 is 9.84 Å². The third-order valence-corrected chi connectivity index (χ3v) is 8.10. The first-order valence-electron chi connectivity index (χ1n) is 10.6. The van der Waals surface area contributed by atoms with Gasteiger partial charge >= 0.3 is 0 Å². The van der Waals surface area contributed by atoms with Gasteiger partial charge in [-0.2, -0.15) is 0 Å². The SMILES string of the molecule is O=C1c2ccccc2C(=O)c2cc(S(=O)(=O)CN3CCN(C(=O)C4CNC4)CC3)ccc21. The minimum absolute atomic E-state index is 0.0239. The lowest BCUT2D eigenvalue weighted by molar-refractivity contribution is -0.138. The Bertz CT molecular complexity index is 1230. The molecule has 0 aromatic heterocycles. The molecular weight excluding hydrogens is 430 g/mol. The van der Waals surface area contributed by atoms with Gasteiger partial charge in [0.2, 0.25) is 5.91 Å². The average Bonchev–Trinajstić information content (AvgIpc) is 2.76. The van der Waals surface area contributed by atoms with E-state index in [-0.39, 0.29) is 45.3 Å². The number of nitrogens with one attached hydrogen (secondary N) is 1. The molecule has 0 unspecified atom stereocenters. The lowest BCUT2D eigenvalue weighted by Gasteiger charge is -2.38. The zero-order valence-electron chi connectivity index (χ0n) is 17.4. The first-order valence-corrected chi connectivity index (χ1v) is 12.3. The van der Waals surface area contributed by atoms with Gasteiger partial charge in [0.25, 0.3) is 0 Å². The second-order valence-electron chi connectivity index (χ2n) is 8.45. The van der Waals surface area contributed by atoms with Gasteiger partial charge in [-0.15, -0.1) is 0 Å². The summed E-state index contributed by atoms with van der Waals surface area (Å²) >= 11 is 0. The molecule has 1 amide bonds. The monoisotopic (exact) mass is 453 g/mol. The highest BCUT2D eigenvalue weighted by Crippen LogP contribution is 2.29. The number of carbonyl (C=O) groups is 3. The van der Waals surface area contributed by atoms with Crippen LogP contribution in [-0.2, 0) is 14.6 Å². The zero-order valence-corrected chi connectivity index (χ0v) is 18.2. The summed E-state index contributed by atoms with van der Waals surface area (Å²) < 4.78 is 26.1. The van der Waals surface area contributed by atoms with E-state index in [1.807, 2.05) is 0 Å². The number of fused-ring (bicyclic) bond motifs is 2. The fourth-order valence-electron chi connectivity index (χ4n) is 4.41. The van der Waals surface area contributed by atoms with Crippen LogP contribution in [0.4, 0.5) is 0 Å². The Kier molecular flexibility index (Phi) is 5.19. The molecule has 3 aliphatic rings. The largest absolute Gasteiger partial charge is 0.340 e. The van der Waals surface area contributed by atoms with Crippen molar-refractivity contribution in [1.82, 2.24) is 15.1 Å². The number of hydrogen-bond acceptors (Lipinski definition) is 7. The number of nitrogens with zero attached hydrogens (tertiary/aromatic N) is 2. The molecule has 0 bridgehead atoms. The second-order valence-corrected chi connectivity index (χ2v) is 10.4. The predicted octanol–water partition coefficient (Wildman–Crippen LogP) is 0.557. The van der Waals surface area contributed by atoms with Crippen molar-refractivity contribution >= 4 is 27.3 Å². The summed E-state index contributed by atoms with van der Waals surface area (Å²) in [5, 5.41) is 3.09. The standard InChI is InChI=1S/C23H23N3O5S/c27-21-17-3-1-2-4-18(17)22(28)20-11-16(5-6-19(20)21)32(30,31)14-25-7-9-26(10-8-25)23(29)15-12-24-13-15/h1-6,11,15,24H,7-10,12-14H2. The molecule has 166 valence electrons. The Morgan fingerprint density at radius 2 is 1.47 bits per heavy atom. The summed E-state index contributed by atoms with van der Waals surface area (Å²) in [5.41, 5.74) is 0.984. The summed E-state index contributed by atoms with van der Waals surface area (Å²) in [6.07, 6.45) is 0. The Hall–Kier alpha value is -2.88. The summed E-state index contributed by atoms with van der Waals surface area (Å²) in [6.45, 7) is 3.36. The maximum absolute atomic E-state index is 13.1. The molecule has 2 aliphatic heterocycles. The van der Waals surface area contributed by atoms with E-state index in [2.05, 4.69) is 5.32 Å². The number of rotatable bonds is 4. The summed E-state index contributed by atoms with van der Waals surface area (Å²) in [4.78, 5) is 41.6. The highest BCUT2D eigenvalue weighted by Gasteiger charge is 2.33. The molecule has 9 heteroatoms. The number of ketones is 2. The molecule has 2 heterocycles. The molecule has 1 aliphatic carbocycles. The highest BCUT2D eigenvalue weighted by atomic mass is 32.2. The molecule has 0 radical (unpaired) electrons. The molecule has 1 N–H and O–H groups in total. The van der Waals surface area contributed by atoms with Gasteiger partial charge in [0.1, 0.15) is 5.88 Å². The minimum atomic E-state index is -3.71. The van der Waals surface area contributed by atoms with Crippen molar-refractivity contribution in [3.05, 3.63) is 64.7 Å². The lowest BCUT2D eigenvalue weighted by atomic mass is 9.84. The highest BCUT2D eigenvalue weighted by molar-refractivity contribution is 7.91. The van der Waals surface area contributed by atoms with Crippen LogP contribution in [0, 0.1) is 5.92 Å². The second kappa shape index (κ2) is 7.91. The van der Waals surface area contributed by atoms with Crippen molar-refractivity contribution in [1.29, 1.82) is 0 Å². The van der Waals surface area contributed by atoms with E-state index in [9.17, 15) is 22.8 Å². The van der Waals surface area contributed by atoms with Gasteiger partial charge in [-0.3, -0.25) is 19.3 Å². The molecule has 32 heavy (non-hydrogen) atoms. The van der Waals surface area contributed by atoms with Crippen LogP contribution in [0.1, 0.15) is 31.8 Å². The van der Waals surface area contributed by atoms with Crippen molar-refractivity contribution < 1.29 is 22.8 Å². The number of carbonyl (C=O) groups excluding carboxylic acids is 3. The fourth-order valence-corrected chi connectivity index (χ4v) is 5.87. The van der Waals surface area contributed by atoms with Crippen LogP contribution in [0.3, 0.4) is 0 Å². The number of sulfone groups is 1. The number of benzene rings is 2. The maximum Gasteiger partial charge on any atom is 0.228 e. The molecular formula is C23H23N3O5S. The van der Waals surface area contributed by atoms with Gasteiger partial charge in [-0.1, -0.05) is 24.3 Å². The van der Waals surface area contributed by atoms with Crippen molar-refractivity contribution in [2.75, 3.05) is 45.1 Å². The van der Waals surface area contributed by atoms with E-state index in [4.69, 9.17) is 0 Å². The Balaban J connectivity index is 1.31. The van der Waals surface area contributed by atoms with Crippen molar-refractivity contribution in [3.8, 4) is 0 Å². The zero-order chi connectivity index (χ0) is 22.5. The summed E-state index contributed by atoms with van der Waals surface area (Å²) in [5.74, 6) is -0.653. The Labute approximate surface area is 186 Å². The molecule has 2 saturated heterocycles. The van der Waals surface area contributed by atoms with Crippen LogP contribution in [0.25, 0.3) is 0 Å². The van der Waals surface area contributed by atoms with E-state index in [0.717, 1.165) is 0 Å². The fraction of sp³-hybridized carbons (Fsp3) is 0.348. The first-order chi connectivity index (χ1) is 15.3.